The summed E-state index contributed by atoms with van der Waals surface area (Å²) in [6.07, 6.45) is 0.144. The summed E-state index contributed by atoms with van der Waals surface area (Å²) in [4.78, 5) is 64.6. The third-order valence-electron chi connectivity index (χ3n) is 7.52. The molecule has 0 radical (unpaired) electrons. The van der Waals surface area contributed by atoms with Crippen molar-refractivity contribution in [1.82, 2.24) is 26.2 Å². The lowest BCUT2D eigenvalue weighted by Gasteiger charge is -2.29. The van der Waals surface area contributed by atoms with Gasteiger partial charge in [0.25, 0.3) is 17.7 Å². The van der Waals surface area contributed by atoms with Crippen molar-refractivity contribution in [3.63, 3.8) is 0 Å². The fourth-order valence-corrected chi connectivity index (χ4v) is 5.45. The van der Waals surface area contributed by atoms with Gasteiger partial charge in [-0.25, -0.2) is 14.0 Å². The topological polar surface area (TPSA) is 159 Å². The quantitative estimate of drug-likeness (QED) is 0.350. The van der Waals surface area contributed by atoms with Gasteiger partial charge in [-0.3, -0.25) is 25.0 Å². The summed E-state index contributed by atoms with van der Waals surface area (Å²) in [6.45, 7) is 1.53. The van der Waals surface area contributed by atoms with E-state index in [1.165, 1.54) is 24.1 Å². The molecule has 0 aliphatic carbocycles. The lowest BCUT2D eigenvalue weighted by atomic mass is 9.86. The largest absolute Gasteiger partial charge is 0.497 e. The molecule has 1 aromatic heterocycles. The molecule has 2 fully saturated rings. The van der Waals surface area contributed by atoms with Gasteiger partial charge in [0, 0.05) is 17.5 Å². The number of urea groups is 2. The molecule has 6 rings (SSSR count). The van der Waals surface area contributed by atoms with Crippen molar-refractivity contribution >= 4 is 40.8 Å². The molecule has 3 aromatic rings. The van der Waals surface area contributed by atoms with Crippen molar-refractivity contribution in [1.29, 1.82) is 0 Å². The third kappa shape index (κ3) is 3.46. The van der Waals surface area contributed by atoms with Gasteiger partial charge in [0.05, 0.1) is 13.7 Å². The SMILES string of the molecule is CCC1(c2cc(F)c3oc([C@]4(CN5Cc6ccc(OC)cc6C5=O)NC(=O)NC4=O)cc3c2)NC(=O)NC1=O. The summed E-state index contributed by atoms with van der Waals surface area (Å²) in [6, 6.07) is 7.48. The molecule has 3 aliphatic heterocycles. The predicted molar refractivity (Wildman–Crippen MR) is 131 cm³/mol. The van der Waals surface area contributed by atoms with Crippen LogP contribution in [0.3, 0.4) is 0 Å². The molecule has 12 nitrogen and oxygen atoms in total. The Kier molecular flexibility index (Phi) is 5.18. The van der Waals surface area contributed by atoms with E-state index in [9.17, 15) is 24.0 Å². The minimum atomic E-state index is -1.86. The van der Waals surface area contributed by atoms with Crippen LogP contribution in [0, 0.1) is 5.82 Å². The summed E-state index contributed by atoms with van der Waals surface area (Å²) < 4.78 is 26.3. The minimum Gasteiger partial charge on any atom is -0.497 e. The first-order valence-corrected chi connectivity index (χ1v) is 12.1. The molecule has 3 aliphatic rings. The normalized spacial score (nSPS) is 24.1. The second-order valence-corrected chi connectivity index (χ2v) is 9.65. The van der Waals surface area contributed by atoms with Crippen LogP contribution < -0.4 is 26.0 Å². The molecule has 7 amide bonds. The number of ether oxygens (including phenoxy) is 1. The number of nitrogens with zero attached hydrogens (tertiary/aromatic N) is 1. The van der Waals surface area contributed by atoms with E-state index in [0.29, 0.717) is 16.9 Å². The van der Waals surface area contributed by atoms with E-state index >= 15 is 4.39 Å². The smallest absolute Gasteiger partial charge is 0.322 e. The second-order valence-electron chi connectivity index (χ2n) is 9.65. The van der Waals surface area contributed by atoms with Gasteiger partial charge >= 0.3 is 12.1 Å². The molecule has 13 heteroatoms. The van der Waals surface area contributed by atoms with E-state index in [0.717, 1.165) is 6.07 Å². The zero-order chi connectivity index (χ0) is 27.7. The number of hydrogen-bond acceptors (Lipinski definition) is 7. The number of rotatable bonds is 6. The number of halogens is 1. The van der Waals surface area contributed by atoms with Crippen LogP contribution in [-0.4, -0.2) is 48.3 Å². The van der Waals surface area contributed by atoms with Crippen molar-refractivity contribution in [3.8, 4) is 5.75 Å². The highest BCUT2D eigenvalue weighted by Gasteiger charge is 2.53. The van der Waals surface area contributed by atoms with E-state index in [1.54, 1.807) is 25.1 Å². The highest BCUT2D eigenvalue weighted by atomic mass is 19.1. The van der Waals surface area contributed by atoms with Gasteiger partial charge in [-0.2, -0.15) is 0 Å². The standard InChI is InChI=1S/C26H22FN5O7/c1-3-25(21(34)28-23(36)30-25)14-6-13-7-18(39-19(13)17(27)8-14)26(22(35)29-24(37)31-26)11-32-10-12-4-5-15(38-2)9-16(12)20(32)33/h4-9H,3,10-11H2,1-2H3,(H2,28,30,34,36)(H2,29,31,35,37)/t25?,26-/m0/s1. The lowest BCUT2D eigenvalue weighted by Crippen LogP contribution is -2.52. The van der Waals surface area contributed by atoms with Gasteiger partial charge in [-0.15, -0.1) is 0 Å². The first-order chi connectivity index (χ1) is 18.6. The molecule has 1 unspecified atom stereocenters. The molecule has 4 heterocycles. The van der Waals surface area contributed by atoms with Crippen molar-refractivity contribution in [2.24, 2.45) is 0 Å². The molecular weight excluding hydrogens is 513 g/mol. The molecular formula is C26H22FN5O7. The molecule has 200 valence electrons. The fourth-order valence-electron chi connectivity index (χ4n) is 5.45. The van der Waals surface area contributed by atoms with Crippen LogP contribution in [0.1, 0.15) is 40.6 Å². The molecule has 2 aromatic carbocycles. The van der Waals surface area contributed by atoms with Gasteiger partial charge in [0.2, 0.25) is 0 Å². The number of furan rings is 1. The monoisotopic (exact) mass is 535 g/mol. The molecule has 0 bridgehead atoms. The second kappa shape index (κ2) is 8.28. The number of amides is 7. The van der Waals surface area contributed by atoms with Crippen LogP contribution in [0.2, 0.25) is 0 Å². The van der Waals surface area contributed by atoms with Crippen LogP contribution in [-0.2, 0) is 27.2 Å². The Morgan fingerprint density at radius 3 is 2.28 bits per heavy atom. The summed E-state index contributed by atoms with van der Waals surface area (Å²) in [5, 5.41) is 9.65. The van der Waals surface area contributed by atoms with Crippen LogP contribution in [0.5, 0.6) is 5.75 Å². The molecule has 39 heavy (non-hydrogen) atoms. The van der Waals surface area contributed by atoms with Gasteiger partial charge in [-0.05, 0) is 47.9 Å². The Morgan fingerprint density at radius 2 is 1.67 bits per heavy atom. The first-order valence-electron chi connectivity index (χ1n) is 12.1. The van der Waals surface area contributed by atoms with Crippen LogP contribution in [0.15, 0.2) is 40.8 Å². The van der Waals surface area contributed by atoms with E-state index in [1.807, 2.05) is 0 Å². The Labute approximate surface area is 219 Å². The van der Waals surface area contributed by atoms with Crippen LogP contribution in [0.25, 0.3) is 11.0 Å². The number of hydrogen-bond donors (Lipinski definition) is 4. The predicted octanol–water partition coefficient (Wildman–Crippen LogP) is 1.72. The minimum absolute atomic E-state index is 0.108. The summed E-state index contributed by atoms with van der Waals surface area (Å²) in [5.74, 6) is -2.24. The average Bonchev–Trinajstić information content (AvgIpc) is 3.63. The van der Waals surface area contributed by atoms with Gasteiger partial charge < -0.3 is 24.7 Å². The summed E-state index contributed by atoms with van der Waals surface area (Å²) >= 11 is 0. The summed E-state index contributed by atoms with van der Waals surface area (Å²) in [5.41, 5.74) is -2.28. The van der Waals surface area contributed by atoms with Crippen LogP contribution >= 0.6 is 0 Å². The number of carbonyl (C=O) groups is 5. The van der Waals surface area contributed by atoms with Crippen molar-refractivity contribution in [2.45, 2.75) is 31.0 Å². The Bertz CT molecular complexity index is 1630. The zero-order valence-electron chi connectivity index (χ0n) is 20.8. The van der Waals surface area contributed by atoms with Gasteiger partial charge in [0.15, 0.2) is 16.9 Å². The number of methoxy groups -OCH3 is 1. The maximum Gasteiger partial charge on any atom is 0.322 e. The number of benzene rings is 2. The highest BCUT2D eigenvalue weighted by molar-refractivity contribution is 6.09. The molecule has 0 spiro atoms. The molecule has 2 saturated heterocycles. The maximum absolute atomic E-state index is 15.3. The Balaban J connectivity index is 1.42. The Hall–Kier alpha value is -4.94. The van der Waals surface area contributed by atoms with Gasteiger partial charge in [-0.1, -0.05) is 13.0 Å². The van der Waals surface area contributed by atoms with Gasteiger partial charge in [0.1, 0.15) is 17.0 Å². The highest BCUT2D eigenvalue weighted by Crippen LogP contribution is 2.38. The first kappa shape index (κ1) is 24.4. The van der Waals surface area contributed by atoms with E-state index < -0.39 is 40.8 Å². The number of imide groups is 2. The fraction of sp³-hybridized carbons (Fsp3) is 0.269. The molecule has 0 saturated carbocycles. The van der Waals surface area contributed by atoms with E-state index in [2.05, 4.69) is 21.3 Å². The lowest BCUT2D eigenvalue weighted by molar-refractivity contribution is -0.125. The Morgan fingerprint density at radius 1 is 0.974 bits per heavy atom. The van der Waals surface area contributed by atoms with Crippen molar-refractivity contribution in [3.05, 3.63) is 64.7 Å². The molecule has 4 N–H and O–H groups in total. The maximum atomic E-state index is 15.3. The van der Waals surface area contributed by atoms with E-state index in [-0.39, 0.29) is 47.7 Å². The van der Waals surface area contributed by atoms with Crippen molar-refractivity contribution < 1.29 is 37.5 Å². The number of nitrogens with one attached hydrogen (secondary N) is 4. The zero-order valence-corrected chi connectivity index (χ0v) is 20.8. The van der Waals surface area contributed by atoms with E-state index in [4.69, 9.17) is 9.15 Å². The van der Waals surface area contributed by atoms with Crippen LogP contribution in [0.4, 0.5) is 14.0 Å². The number of carbonyl (C=O) groups excluding carboxylic acids is 5. The third-order valence-corrected chi connectivity index (χ3v) is 7.52. The number of fused-ring (bicyclic) bond motifs is 2. The van der Waals surface area contributed by atoms with Crippen molar-refractivity contribution in [2.75, 3.05) is 13.7 Å². The summed E-state index contributed by atoms with van der Waals surface area (Å²) in [7, 11) is 1.48. The average molecular weight is 535 g/mol. The molecule has 2 atom stereocenters.